The quantitative estimate of drug-likeness (QED) is 0.558. The van der Waals surface area contributed by atoms with E-state index in [0.29, 0.717) is 17.8 Å². The first kappa shape index (κ1) is 21.9. The Morgan fingerprint density at radius 1 is 1.10 bits per heavy atom. The van der Waals surface area contributed by atoms with Gasteiger partial charge in [0.05, 0.1) is 16.6 Å². The Morgan fingerprint density at radius 2 is 1.77 bits per heavy atom. The number of carbonyl (C=O) groups excluding carboxylic acids is 1. The SMILES string of the molecule is Cc1cc2c(cc(C)n2Cc2ccccc2C(F)(F)F)nc1NC(=O)CC(C)(C)C. The Balaban J connectivity index is 1.97. The van der Waals surface area contributed by atoms with Gasteiger partial charge in [0.25, 0.3) is 0 Å². The van der Waals surface area contributed by atoms with Crippen molar-refractivity contribution in [1.82, 2.24) is 9.55 Å². The molecule has 2 heterocycles. The fourth-order valence-electron chi connectivity index (χ4n) is 3.50. The van der Waals surface area contributed by atoms with E-state index < -0.39 is 11.7 Å². The van der Waals surface area contributed by atoms with E-state index in [1.807, 2.05) is 51.3 Å². The van der Waals surface area contributed by atoms with Crippen molar-refractivity contribution in [2.45, 2.75) is 53.8 Å². The fraction of sp³-hybridized carbons (Fsp3) is 0.391. The molecule has 0 aliphatic carbocycles. The first-order valence-corrected chi connectivity index (χ1v) is 9.77. The van der Waals surface area contributed by atoms with Crippen molar-refractivity contribution in [3.8, 4) is 0 Å². The molecular weight excluding hydrogens is 391 g/mol. The maximum atomic E-state index is 13.4. The van der Waals surface area contributed by atoms with Gasteiger partial charge in [0.15, 0.2) is 0 Å². The second-order valence-corrected chi connectivity index (χ2v) is 8.87. The molecule has 0 aliphatic rings. The van der Waals surface area contributed by atoms with Gasteiger partial charge in [0.1, 0.15) is 5.82 Å². The van der Waals surface area contributed by atoms with Crippen LogP contribution in [0.25, 0.3) is 11.0 Å². The average Bonchev–Trinajstić information content (AvgIpc) is 2.88. The molecule has 1 amide bonds. The van der Waals surface area contributed by atoms with Crippen LogP contribution in [0.15, 0.2) is 36.4 Å². The van der Waals surface area contributed by atoms with Crippen molar-refractivity contribution < 1.29 is 18.0 Å². The molecule has 0 spiro atoms. The third-order valence-electron chi connectivity index (χ3n) is 4.88. The number of nitrogens with zero attached hydrogens (tertiary/aromatic N) is 2. The summed E-state index contributed by atoms with van der Waals surface area (Å²) in [4.78, 5) is 16.9. The van der Waals surface area contributed by atoms with Crippen molar-refractivity contribution in [2.24, 2.45) is 5.41 Å². The second kappa shape index (κ2) is 7.78. The Hall–Kier alpha value is -2.83. The van der Waals surface area contributed by atoms with Gasteiger partial charge in [-0.15, -0.1) is 0 Å². The summed E-state index contributed by atoms with van der Waals surface area (Å²) in [6.45, 7) is 9.71. The van der Waals surface area contributed by atoms with Gasteiger partial charge in [0, 0.05) is 18.7 Å². The number of benzene rings is 1. The Kier molecular flexibility index (Phi) is 5.67. The van der Waals surface area contributed by atoms with E-state index in [4.69, 9.17) is 0 Å². The van der Waals surface area contributed by atoms with Crippen LogP contribution in [-0.2, 0) is 17.5 Å². The molecule has 3 rings (SSSR count). The first-order chi connectivity index (χ1) is 13.8. The number of aromatic nitrogens is 2. The molecule has 0 saturated carbocycles. The highest BCUT2D eigenvalue weighted by atomic mass is 19.4. The van der Waals surface area contributed by atoms with Crippen molar-refractivity contribution in [1.29, 1.82) is 0 Å². The number of carbonyl (C=O) groups is 1. The molecule has 0 fully saturated rings. The van der Waals surface area contributed by atoms with Crippen LogP contribution in [0.5, 0.6) is 0 Å². The van der Waals surface area contributed by atoms with Crippen LogP contribution in [0.4, 0.5) is 19.0 Å². The Morgan fingerprint density at radius 3 is 2.40 bits per heavy atom. The molecule has 7 heteroatoms. The minimum Gasteiger partial charge on any atom is -0.339 e. The van der Waals surface area contributed by atoms with Crippen LogP contribution in [0.1, 0.15) is 49.6 Å². The minimum absolute atomic E-state index is 0.0852. The third kappa shape index (κ3) is 4.83. The lowest BCUT2D eigenvalue weighted by atomic mass is 9.92. The molecule has 30 heavy (non-hydrogen) atoms. The van der Waals surface area contributed by atoms with Gasteiger partial charge in [-0.1, -0.05) is 39.0 Å². The third-order valence-corrected chi connectivity index (χ3v) is 4.88. The maximum Gasteiger partial charge on any atom is 0.416 e. The zero-order valence-electron chi connectivity index (χ0n) is 17.8. The van der Waals surface area contributed by atoms with E-state index in [0.717, 1.165) is 22.8 Å². The number of halogens is 3. The molecule has 0 saturated heterocycles. The van der Waals surface area contributed by atoms with E-state index in [1.54, 1.807) is 6.07 Å². The van der Waals surface area contributed by atoms with Gasteiger partial charge in [0.2, 0.25) is 5.91 Å². The summed E-state index contributed by atoms with van der Waals surface area (Å²) in [5.41, 5.74) is 2.34. The van der Waals surface area contributed by atoms with Crippen molar-refractivity contribution in [3.63, 3.8) is 0 Å². The van der Waals surface area contributed by atoms with Crippen molar-refractivity contribution in [2.75, 3.05) is 5.32 Å². The van der Waals surface area contributed by atoms with Crippen LogP contribution in [0.3, 0.4) is 0 Å². The highest BCUT2D eigenvalue weighted by Crippen LogP contribution is 2.33. The van der Waals surface area contributed by atoms with Crippen LogP contribution < -0.4 is 5.32 Å². The molecule has 0 atom stereocenters. The molecule has 0 bridgehead atoms. The van der Waals surface area contributed by atoms with E-state index in [-0.39, 0.29) is 23.4 Å². The number of amides is 1. The standard InChI is InChI=1S/C23H26F3N3O/c1-14-10-19-18(27-21(14)28-20(30)12-22(3,4)5)11-15(2)29(19)13-16-8-6-7-9-17(16)23(24,25)26/h6-11H,12-13H2,1-5H3,(H,27,28,30). The van der Waals surface area contributed by atoms with Gasteiger partial charge in [-0.3, -0.25) is 4.79 Å². The summed E-state index contributed by atoms with van der Waals surface area (Å²) >= 11 is 0. The smallest absolute Gasteiger partial charge is 0.339 e. The normalized spacial score (nSPS) is 12.4. The van der Waals surface area contributed by atoms with E-state index in [9.17, 15) is 18.0 Å². The predicted octanol–water partition coefficient (Wildman–Crippen LogP) is 6.09. The lowest BCUT2D eigenvalue weighted by Gasteiger charge is -2.18. The topological polar surface area (TPSA) is 46.9 Å². The largest absolute Gasteiger partial charge is 0.416 e. The fourth-order valence-corrected chi connectivity index (χ4v) is 3.50. The molecule has 0 unspecified atom stereocenters. The molecule has 160 valence electrons. The van der Waals surface area contributed by atoms with Gasteiger partial charge in [-0.2, -0.15) is 13.2 Å². The van der Waals surface area contributed by atoms with Gasteiger partial charge in [-0.05, 0) is 48.6 Å². The van der Waals surface area contributed by atoms with Gasteiger partial charge in [-0.25, -0.2) is 4.98 Å². The number of pyridine rings is 1. The lowest BCUT2D eigenvalue weighted by molar-refractivity contribution is -0.138. The van der Waals surface area contributed by atoms with Crippen molar-refractivity contribution >= 4 is 22.8 Å². The summed E-state index contributed by atoms with van der Waals surface area (Å²) in [7, 11) is 0. The molecule has 1 N–H and O–H groups in total. The summed E-state index contributed by atoms with van der Waals surface area (Å²) in [6, 6.07) is 9.28. The molecule has 1 aromatic carbocycles. The summed E-state index contributed by atoms with van der Waals surface area (Å²) in [5.74, 6) is 0.359. The monoisotopic (exact) mass is 417 g/mol. The molecule has 2 aromatic heterocycles. The van der Waals surface area contributed by atoms with Crippen LogP contribution in [0, 0.1) is 19.3 Å². The number of nitrogens with one attached hydrogen (secondary N) is 1. The number of fused-ring (bicyclic) bond motifs is 1. The Bertz CT molecular complexity index is 1090. The minimum atomic E-state index is -4.41. The maximum absolute atomic E-state index is 13.4. The highest BCUT2D eigenvalue weighted by molar-refractivity contribution is 5.92. The van der Waals surface area contributed by atoms with Crippen LogP contribution in [0.2, 0.25) is 0 Å². The molecule has 4 nitrogen and oxygen atoms in total. The van der Waals surface area contributed by atoms with Crippen molar-refractivity contribution in [3.05, 3.63) is 58.8 Å². The Labute approximate surface area is 174 Å². The van der Waals surface area contributed by atoms with Gasteiger partial charge < -0.3 is 9.88 Å². The second-order valence-electron chi connectivity index (χ2n) is 8.87. The molecule has 0 aliphatic heterocycles. The summed E-state index contributed by atoms with van der Waals surface area (Å²) in [5, 5.41) is 2.86. The zero-order valence-corrected chi connectivity index (χ0v) is 17.8. The average molecular weight is 417 g/mol. The number of alkyl halides is 3. The van der Waals surface area contributed by atoms with Crippen LogP contribution in [-0.4, -0.2) is 15.5 Å². The number of aryl methyl sites for hydroxylation is 2. The summed E-state index contributed by atoms with van der Waals surface area (Å²) in [6.07, 6.45) is -4.05. The number of rotatable bonds is 4. The number of hydrogen-bond donors (Lipinski definition) is 1. The molecule has 0 radical (unpaired) electrons. The summed E-state index contributed by atoms with van der Waals surface area (Å²) < 4.78 is 42.0. The molecular formula is C23H26F3N3O. The molecule has 3 aromatic rings. The van der Waals surface area contributed by atoms with E-state index in [1.165, 1.54) is 12.1 Å². The van der Waals surface area contributed by atoms with E-state index in [2.05, 4.69) is 10.3 Å². The highest BCUT2D eigenvalue weighted by Gasteiger charge is 2.33. The van der Waals surface area contributed by atoms with Crippen LogP contribution >= 0.6 is 0 Å². The predicted molar refractivity (Wildman–Crippen MR) is 112 cm³/mol. The first-order valence-electron chi connectivity index (χ1n) is 9.77. The van der Waals surface area contributed by atoms with Gasteiger partial charge >= 0.3 is 6.18 Å². The lowest BCUT2D eigenvalue weighted by Crippen LogP contribution is -2.20. The van der Waals surface area contributed by atoms with E-state index >= 15 is 0 Å². The zero-order chi connectivity index (χ0) is 22.3. The number of anilines is 1. The number of hydrogen-bond acceptors (Lipinski definition) is 2.